The first-order valence-electron chi connectivity index (χ1n) is 5.08. The average Bonchev–Trinajstić information content (AvgIpc) is 2.56. The molecule has 1 aromatic heterocycles. The van der Waals surface area contributed by atoms with Gasteiger partial charge in [-0.1, -0.05) is 13.8 Å². The van der Waals surface area contributed by atoms with Gasteiger partial charge in [0.1, 0.15) is 5.27 Å². The molecule has 6 nitrogen and oxygen atoms in total. The van der Waals surface area contributed by atoms with Gasteiger partial charge >= 0.3 is 0 Å². The van der Waals surface area contributed by atoms with Gasteiger partial charge in [0.05, 0.1) is 20.6 Å². The zero-order valence-electron chi connectivity index (χ0n) is 9.73. The van der Waals surface area contributed by atoms with Crippen molar-refractivity contribution in [2.75, 3.05) is 32.2 Å². The van der Waals surface area contributed by atoms with E-state index < -0.39 is 0 Å². The zero-order chi connectivity index (χ0) is 11.4. The number of nitrogens with zero attached hydrogens (tertiary/aromatic N) is 4. The highest BCUT2D eigenvalue weighted by atomic mass is 16.6. The van der Waals surface area contributed by atoms with Gasteiger partial charge in [-0.2, -0.15) is 5.01 Å². The van der Waals surface area contributed by atoms with Crippen LogP contribution < -0.4 is 14.9 Å². The number of hydrogen-bond donors (Lipinski definition) is 0. The Hall–Kier alpha value is -1.30. The summed E-state index contributed by atoms with van der Waals surface area (Å²) >= 11 is 0. The van der Waals surface area contributed by atoms with Crippen molar-refractivity contribution in [3.63, 3.8) is 0 Å². The molecule has 0 aliphatic heterocycles. The molecule has 0 radical (unpaired) electrons. The molecule has 1 aromatic rings. The molecule has 0 aromatic carbocycles. The van der Waals surface area contributed by atoms with Gasteiger partial charge in [0.2, 0.25) is 0 Å². The van der Waals surface area contributed by atoms with Crippen LogP contribution in [0, 0.1) is 0 Å². The molecule has 6 heteroatoms. The Morgan fingerprint density at radius 3 is 2.40 bits per heavy atom. The average molecular weight is 214 g/mol. The van der Waals surface area contributed by atoms with Crippen LogP contribution in [0.3, 0.4) is 0 Å². The van der Waals surface area contributed by atoms with Gasteiger partial charge in [-0.05, 0) is 13.1 Å². The van der Waals surface area contributed by atoms with Crippen LogP contribution in [0.2, 0.25) is 0 Å². The molecule has 1 heterocycles. The van der Waals surface area contributed by atoms with E-state index >= 15 is 0 Å². The smallest absolute Gasteiger partial charge is 0.281 e. The van der Waals surface area contributed by atoms with Crippen LogP contribution in [0.5, 0.6) is 5.95 Å². The summed E-state index contributed by atoms with van der Waals surface area (Å²) in [5, 5.41) is 16.8. The van der Waals surface area contributed by atoms with Gasteiger partial charge in [0, 0.05) is 4.79 Å². The van der Waals surface area contributed by atoms with Crippen molar-refractivity contribution >= 4 is 0 Å². The summed E-state index contributed by atoms with van der Waals surface area (Å²) in [5.41, 5.74) is 0.559. The van der Waals surface area contributed by atoms with E-state index in [2.05, 4.69) is 28.5 Å². The Balaban J connectivity index is 2.87. The Labute approximate surface area is 89.6 Å². The Morgan fingerprint density at radius 1 is 1.33 bits per heavy atom. The van der Waals surface area contributed by atoms with Crippen LogP contribution in [-0.4, -0.2) is 37.4 Å². The third kappa shape index (κ3) is 2.59. The first-order valence-corrected chi connectivity index (χ1v) is 5.08. The number of rotatable bonds is 5. The highest BCUT2D eigenvalue weighted by Crippen LogP contribution is 2.09. The predicted octanol–water partition coefficient (Wildman–Crippen LogP) is -0.925. The minimum Gasteiger partial charge on any atom is -0.539 e. The monoisotopic (exact) mass is 214 g/mol. The Kier molecular flexibility index (Phi) is 3.90. The summed E-state index contributed by atoms with van der Waals surface area (Å²) in [4.78, 5) is 3.62. The molecule has 0 bridgehead atoms. The fourth-order valence-corrected chi connectivity index (χ4v) is 1.36. The molecule has 1 rings (SSSR count). The van der Waals surface area contributed by atoms with E-state index in [1.165, 1.54) is 4.79 Å². The standard InChI is InChI=1S/C9H18N4O2/c1-5-12(6-2)7-8-9(14)15-10-13(8)11(3)4/h5-7H2,1-4H3. The Bertz CT molecular complexity index is 307. The summed E-state index contributed by atoms with van der Waals surface area (Å²) in [7, 11) is 3.63. The van der Waals surface area contributed by atoms with Gasteiger partial charge in [-0.3, -0.25) is 4.90 Å². The van der Waals surface area contributed by atoms with Gasteiger partial charge in [0.15, 0.2) is 5.95 Å². The summed E-state index contributed by atoms with van der Waals surface area (Å²) in [6, 6.07) is 0. The molecule has 0 saturated heterocycles. The minimum atomic E-state index is -0.365. The van der Waals surface area contributed by atoms with Crippen molar-refractivity contribution in [1.82, 2.24) is 10.2 Å². The largest absolute Gasteiger partial charge is 0.539 e. The van der Waals surface area contributed by atoms with E-state index in [-0.39, 0.29) is 5.95 Å². The lowest BCUT2D eigenvalue weighted by atomic mass is 10.4. The second-order valence-electron chi connectivity index (χ2n) is 3.51. The van der Waals surface area contributed by atoms with Crippen LogP contribution >= 0.6 is 0 Å². The lowest BCUT2D eigenvalue weighted by Crippen LogP contribution is -2.57. The summed E-state index contributed by atoms with van der Waals surface area (Å²) in [6.07, 6.45) is 0. The van der Waals surface area contributed by atoms with Crippen molar-refractivity contribution < 1.29 is 14.4 Å². The normalized spacial score (nSPS) is 11.0. The fourth-order valence-electron chi connectivity index (χ4n) is 1.36. The fraction of sp³-hybridized carbons (Fsp3) is 0.778. The topological polar surface area (TPSA) is 59.5 Å². The molecule has 0 atom stereocenters. The van der Waals surface area contributed by atoms with Crippen molar-refractivity contribution in [2.45, 2.75) is 20.4 Å². The van der Waals surface area contributed by atoms with Crippen LogP contribution in [0.25, 0.3) is 0 Å². The molecule has 0 aliphatic carbocycles. The molecular weight excluding hydrogens is 196 g/mol. The predicted molar refractivity (Wildman–Crippen MR) is 52.8 cm³/mol. The van der Waals surface area contributed by atoms with Gasteiger partial charge in [-0.15, -0.1) is 0 Å². The molecule has 0 saturated carbocycles. The molecule has 0 amide bonds. The molecule has 86 valence electrons. The van der Waals surface area contributed by atoms with Crippen molar-refractivity contribution in [3.8, 4) is 5.95 Å². The van der Waals surface area contributed by atoms with Crippen molar-refractivity contribution in [2.24, 2.45) is 0 Å². The quantitative estimate of drug-likeness (QED) is 0.593. The highest BCUT2D eigenvalue weighted by Gasteiger charge is 2.21. The zero-order valence-corrected chi connectivity index (χ0v) is 9.73. The molecule has 15 heavy (non-hydrogen) atoms. The molecule has 0 aliphatic rings. The second kappa shape index (κ2) is 4.97. The minimum absolute atomic E-state index is 0.365. The van der Waals surface area contributed by atoms with E-state index in [9.17, 15) is 5.11 Å². The summed E-state index contributed by atoms with van der Waals surface area (Å²) in [5.74, 6) is -0.365. The molecule has 0 N–H and O–H groups in total. The van der Waals surface area contributed by atoms with Gasteiger partial charge in [0.25, 0.3) is 5.69 Å². The molecule has 0 unspecified atom stereocenters. The van der Waals surface area contributed by atoms with Crippen LogP contribution in [0.1, 0.15) is 19.5 Å². The third-order valence-electron chi connectivity index (χ3n) is 2.32. The van der Waals surface area contributed by atoms with Gasteiger partial charge < -0.3 is 9.63 Å². The lowest BCUT2D eigenvalue weighted by molar-refractivity contribution is -0.760. The van der Waals surface area contributed by atoms with E-state index in [1.807, 2.05) is 14.1 Å². The van der Waals surface area contributed by atoms with E-state index in [1.54, 1.807) is 5.01 Å². The van der Waals surface area contributed by atoms with E-state index in [0.717, 1.165) is 13.1 Å². The van der Waals surface area contributed by atoms with Crippen LogP contribution in [0.15, 0.2) is 4.52 Å². The highest BCUT2D eigenvalue weighted by molar-refractivity contribution is 5.03. The maximum atomic E-state index is 11.4. The molecular formula is C9H18N4O2. The molecule has 0 fully saturated rings. The van der Waals surface area contributed by atoms with E-state index in [4.69, 9.17) is 0 Å². The summed E-state index contributed by atoms with van der Waals surface area (Å²) in [6.45, 7) is 6.47. The number of aromatic nitrogens is 2. The van der Waals surface area contributed by atoms with E-state index in [0.29, 0.717) is 12.2 Å². The second-order valence-corrected chi connectivity index (χ2v) is 3.51. The number of hydrogen-bond acceptors (Lipinski definition) is 5. The van der Waals surface area contributed by atoms with Crippen LogP contribution in [0.4, 0.5) is 0 Å². The van der Waals surface area contributed by atoms with Crippen molar-refractivity contribution in [3.05, 3.63) is 5.69 Å². The van der Waals surface area contributed by atoms with Crippen molar-refractivity contribution in [1.29, 1.82) is 0 Å². The first-order chi connectivity index (χ1) is 7.10. The van der Waals surface area contributed by atoms with Crippen LogP contribution in [-0.2, 0) is 6.54 Å². The Morgan fingerprint density at radius 2 is 1.93 bits per heavy atom. The van der Waals surface area contributed by atoms with Gasteiger partial charge in [-0.25, -0.2) is 0 Å². The maximum absolute atomic E-state index is 11.4. The first kappa shape index (κ1) is 11.8. The maximum Gasteiger partial charge on any atom is 0.281 e. The summed E-state index contributed by atoms with van der Waals surface area (Å²) < 4.78 is 4.64. The lowest BCUT2D eigenvalue weighted by Gasteiger charge is -2.15. The SMILES string of the molecule is CCN(CC)Cc1c([O-])on[n+]1N(C)C. The molecule has 0 spiro atoms. The third-order valence-corrected chi connectivity index (χ3v) is 2.32.